The van der Waals surface area contributed by atoms with Crippen LogP contribution in [0, 0.1) is 0 Å². The van der Waals surface area contributed by atoms with Gasteiger partial charge >= 0.3 is 6.03 Å². The van der Waals surface area contributed by atoms with Crippen LogP contribution >= 0.6 is 23.2 Å². The van der Waals surface area contributed by atoms with Crippen molar-refractivity contribution < 1.29 is 9.59 Å². The summed E-state index contributed by atoms with van der Waals surface area (Å²) in [6.07, 6.45) is 0.350. The predicted molar refractivity (Wildman–Crippen MR) is 121 cm³/mol. The van der Waals surface area contributed by atoms with Crippen LogP contribution in [0.2, 0.25) is 10.0 Å². The molecule has 0 heterocycles. The van der Waals surface area contributed by atoms with Crippen LogP contribution in [0.3, 0.4) is 0 Å². The number of carbonyl (C=O) groups is 2. The molecule has 0 bridgehead atoms. The molecule has 0 saturated heterocycles. The third-order valence-corrected chi connectivity index (χ3v) is 4.94. The van der Waals surface area contributed by atoms with E-state index in [9.17, 15) is 9.59 Å². The number of anilines is 1. The smallest absolute Gasteiger partial charge is 0.319 e. The summed E-state index contributed by atoms with van der Waals surface area (Å²) in [7, 11) is 0. The molecule has 0 spiro atoms. The summed E-state index contributed by atoms with van der Waals surface area (Å²) in [5, 5.41) is 9.06. The Labute approximate surface area is 185 Å². The minimum atomic E-state index is -0.762. The van der Waals surface area contributed by atoms with Crippen LogP contribution in [0.25, 0.3) is 0 Å². The molecule has 30 heavy (non-hydrogen) atoms. The Morgan fingerprint density at radius 2 is 1.47 bits per heavy atom. The molecule has 5 nitrogen and oxygen atoms in total. The highest BCUT2D eigenvalue weighted by atomic mass is 35.5. The largest absolute Gasteiger partial charge is 0.350 e. The van der Waals surface area contributed by atoms with Crippen molar-refractivity contribution in [1.29, 1.82) is 0 Å². The van der Waals surface area contributed by atoms with Crippen LogP contribution in [0.4, 0.5) is 10.5 Å². The summed E-state index contributed by atoms with van der Waals surface area (Å²) in [4.78, 5) is 25.4. The average molecular weight is 442 g/mol. The van der Waals surface area contributed by atoms with Gasteiger partial charge in [0.05, 0.1) is 10.7 Å². The predicted octanol–water partition coefficient (Wildman–Crippen LogP) is 5.04. The summed E-state index contributed by atoms with van der Waals surface area (Å²) < 4.78 is 0. The maximum atomic E-state index is 12.8. The van der Waals surface area contributed by atoms with Gasteiger partial charge in [-0.3, -0.25) is 4.79 Å². The maximum Gasteiger partial charge on any atom is 0.319 e. The Bertz CT molecular complexity index is 998. The first-order chi connectivity index (χ1) is 14.5. The Hall–Kier alpha value is -3.02. The molecule has 0 saturated carbocycles. The van der Waals surface area contributed by atoms with Crippen molar-refractivity contribution in [3.8, 4) is 0 Å². The Kier molecular flexibility index (Phi) is 7.71. The fraction of sp³-hybridized carbons (Fsp3) is 0.130. The Morgan fingerprint density at radius 1 is 0.833 bits per heavy atom. The Morgan fingerprint density at radius 3 is 2.10 bits per heavy atom. The van der Waals surface area contributed by atoms with Crippen LogP contribution in [0.15, 0.2) is 78.9 Å². The fourth-order valence-electron chi connectivity index (χ4n) is 2.87. The fourth-order valence-corrected chi connectivity index (χ4v) is 3.33. The molecule has 1 unspecified atom stereocenters. The lowest BCUT2D eigenvalue weighted by molar-refractivity contribution is -0.123. The van der Waals surface area contributed by atoms with E-state index in [0.717, 1.165) is 11.1 Å². The van der Waals surface area contributed by atoms with Gasteiger partial charge in [0.1, 0.15) is 6.04 Å². The lowest BCUT2D eigenvalue weighted by atomic mass is 10.1. The number of hydrogen-bond donors (Lipinski definition) is 3. The van der Waals surface area contributed by atoms with Gasteiger partial charge in [-0.1, -0.05) is 83.9 Å². The van der Waals surface area contributed by atoms with E-state index in [1.54, 1.807) is 12.1 Å². The third-order valence-electron chi connectivity index (χ3n) is 4.39. The number of amides is 3. The van der Waals surface area contributed by atoms with Gasteiger partial charge in [-0.15, -0.1) is 0 Å². The van der Waals surface area contributed by atoms with Gasteiger partial charge in [-0.25, -0.2) is 4.79 Å². The molecule has 0 aromatic heterocycles. The van der Waals surface area contributed by atoms with Crippen molar-refractivity contribution in [3.05, 3.63) is 100 Å². The maximum absolute atomic E-state index is 12.8. The highest BCUT2D eigenvalue weighted by molar-refractivity contribution is 6.36. The third kappa shape index (κ3) is 6.51. The molecule has 154 valence electrons. The summed E-state index contributed by atoms with van der Waals surface area (Å²) in [6, 6.07) is 22.5. The normalized spacial score (nSPS) is 11.4. The van der Waals surface area contributed by atoms with Crippen LogP contribution in [0.5, 0.6) is 0 Å². The molecular formula is C23H21Cl2N3O2. The summed E-state index contributed by atoms with van der Waals surface area (Å²) >= 11 is 12.0. The standard InChI is InChI=1S/C23H21Cl2N3O2/c24-18-11-12-20(19(25)14-18)27-23(30)28-21(13-16-7-3-1-4-8-16)22(29)26-15-17-9-5-2-6-10-17/h1-12,14,21H,13,15H2,(H,26,29)(H2,27,28,30). The number of hydrogen-bond acceptors (Lipinski definition) is 2. The number of carbonyl (C=O) groups excluding carboxylic acids is 2. The molecule has 0 aliphatic heterocycles. The molecule has 3 rings (SSSR count). The topological polar surface area (TPSA) is 70.2 Å². The van der Waals surface area contributed by atoms with Gasteiger partial charge in [0.25, 0.3) is 0 Å². The van der Waals surface area contributed by atoms with Crippen LogP contribution in [0.1, 0.15) is 11.1 Å². The van der Waals surface area contributed by atoms with Gasteiger partial charge in [0.15, 0.2) is 0 Å². The summed E-state index contributed by atoms with van der Waals surface area (Å²) in [5.41, 5.74) is 2.31. The van der Waals surface area contributed by atoms with E-state index in [-0.39, 0.29) is 5.91 Å². The van der Waals surface area contributed by atoms with Crippen molar-refractivity contribution in [2.24, 2.45) is 0 Å². The number of urea groups is 1. The van der Waals surface area contributed by atoms with Crippen molar-refractivity contribution in [1.82, 2.24) is 10.6 Å². The average Bonchev–Trinajstić information content (AvgIpc) is 2.75. The van der Waals surface area contributed by atoms with Gasteiger partial charge < -0.3 is 16.0 Å². The second kappa shape index (κ2) is 10.7. The molecule has 3 aromatic carbocycles. The van der Waals surface area contributed by atoms with E-state index in [1.165, 1.54) is 6.07 Å². The zero-order valence-corrected chi connectivity index (χ0v) is 17.6. The number of rotatable bonds is 7. The molecule has 3 aromatic rings. The first-order valence-corrected chi connectivity index (χ1v) is 10.1. The van der Waals surface area contributed by atoms with Crippen molar-refractivity contribution >= 4 is 40.8 Å². The van der Waals surface area contributed by atoms with Crippen molar-refractivity contribution in [3.63, 3.8) is 0 Å². The molecule has 0 fully saturated rings. The highest BCUT2D eigenvalue weighted by Crippen LogP contribution is 2.25. The molecular weight excluding hydrogens is 421 g/mol. The van der Waals surface area contributed by atoms with Crippen LogP contribution in [-0.4, -0.2) is 18.0 Å². The van der Waals surface area contributed by atoms with Gasteiger partial charge in [-0.2, -0.15) is 0 Å². The summed E-state index contributed by atoms with van der Waals surface area (Å²) in [5.74, 6) is -0.278. The zero-order valence-electron chi connectivity index (χ0n) is 16.1. The van der Waals surface area contributed by atoms with Crippen LogP contribution < -0.4 is 16.0 Å². The first-order valence-electron chi connectivity index (χ1n) is 9.39. The van der Waals surface area contributed by atoms with Crippen molar-refractivity contribution in [2.75, 3.05) is 5.32 Å². The lowest BCUT2D eigenvalue weighted by Gasteiger charge is -2.19. The minimum Gasteiger partial charge on any atom is -0.350 e. The zero-order chi connectivity index (χ0) is 21.3. The molecule has 0 aliphatic carbocycles. The molecule has 1 atom stereocenters. The first kappa shape index (κ1) is 21.7. The molecule has 0 radical (unpaired) electrons. The van der Waals surface area contributed by atoms with E-state index in [2.05, 4.69) is 16.0 Å². The molecule has 3 N–H and O–H groups in total. The monoisotopic (exact) mass is 441 g/mol. The van der Waals surface area contributed by atoms with E-state index in [0.29, 0.717) is 28.7 Å². The number of halogens is 2. The SMILES string of the molecule is O=C(Nc1ccc(Cl)cc1Cl)NC(Cc1ccccc1)C(=O)NCc1ccccc1. The van der Waals surface area contributed by atoms with Crippen molar-refractivity contribution in [2.45, 2.75) is 19.0 Å². The Balaban J connectivity index is 1.68. The highest BCUT2D eigenvalue weighted by Gasteiger charge is 2.21. The van der Waals surface area contributed by atoms with E-state index in [4.69, 9.17) is 23.2 Å². The molecule has 0 aliphatic rings. The summed E-state index contributed by atoms with van der Waals surface area (Å²) in [6.45, 7) is 0.372. The number of benzene rings is 3. The quantitative estimate of drug-likeness (QED) is 0.480. The van der Waals surface area contributed by atoms with Crippen LogP contribution in [-0.2, 0) is 17.8 Å². The van der Waals surface area contributed by atoms with E-state index in [1.807, 2.05) is 60.7 Å². The second-order valence-electron chi connectivity index (χ2n) is 6.67. The lowest BCUT2D eigenvalue weighted by Crippen LogP contribution is -2.49. The number of nitrogens with one attached hydrogen (secondary N) is 3. The second-order valence-corrected chi connectivity index (χ2v) is 7.51. The van der Waals surface area contributed by atoms with Gasteiger partial charge in [0.2, 0.25) is 5.91 Å². The van der Waals surface area contributed by atoms with E-state index < -0.39 is 12.1 Å². The molecule has 3 amide bonds. The van der Waals surface area contributed by atoms with E-state index >= 15 is 0 Å². The molecule has 7 heteroatoms. The van der Waals surface area contributed by atoms with Gasteiger partial charge in [0, 0.05) is 18.0 Å². The minimum absolute atomic E-state index is 0.278. The van der Waals surface area contributed by atoms with Gasteiger partial charge in [-0.05, 0) is 29.3 Å².